The minimum absolute atomic E-state index is 0.0896. The van der Waals surface area contributed by atoms with Crippen LogP contribution in [0.1, 0.15) is 64.3 Å². The molecule has 4 aromatic carbocycles. The number of aromatic nitrogens is 1. The molecule has 0 amide bonds. The standard InChI is InChI=1S/C44H35N3O/c1-3-11-28(12-4-1)30-19-22-39-35(25-30)36-26-31(32-21-24-42-37(27-32)33-15-8-10-18-41(33)48-42)20-23-40(36)47(39)44-45-38-17-9-7-16-34(38)43(46-44)29-13-5-2-6-14-29/h1-15,17-18,20-21,23-25,27,31,34,44-45H,16,19,22,26H2/p+1. The zero-order chi connectivity index (χ0) is 31.6. The van der Waals surface area contributed by atoms with Crippen molar-refractivity contribution in [3.63, 3.8) is 0 Å². The fourth-order valence-electron chi connectivity index (χ4n) is 8.48. The normalized spacial score (nSPS) is 21.3. The lowest BCUT2D eigenvalue weighted by Gasteiger charge is -2.31. The van der Waals surface area contributed by atoms with E-state index in [1.165, 1.54) is 67.0 Å². The molecule has 0 bridgehead atoms. The predicted molar refractivity (Wildman–Crippen MR) is 196 cm³/mol. The van der Waals surface area contributed by atoms with Crippen molar-refractivity contribution in [1.82, 2.24) is 4.57 Å². The Hall–Kier alpha value is -5.45. The molecule has 10 rings (SSSR count). The first-order valence-electron chi connectivity index (χ1n) is 17.2. The molecule has 4 aliphatic rings. The van der Waals surface area contributed by atoms with E-state index in [2.05, 4.69) is 143 Å². The van der Waals surface area contributed by atoms with E-state index in [1.807, 2.05) is 6.07 Å². The van der Waals surface area contributed by atoms with Gasteiger partial charge in [0.25, 0.3) is 6.29 Å². The van der Waals surface area contributed by atoms with E-state index in [4.69, 9.17) is 9.41 Å². The maximum Gasteiger partial charge on any atom is 0.269 e. The number of quaternary nitrogens is 1. The number of aliphatic imine (C=N–C) groups is 1. The Balaban J connectivity index is 1.12. The Kier molecular flexibility index (Phi) is 6.38. The molecule has 2 N–H and O–H groups in total. The molecule has 0 fully saturated rings. The van der Waals surface area contributed by atoms with Gasteiger partial charge >= 0.3 is 0 Å². The zero-order valence-electron chi connectivity index (χ0n) is 26.7. The minimum Gasteiger partial charge on any atom is -0.456 e. The number of hydrogen-bond donors (Lipinski definition) is 1. The molecule has 4 nitrogen and oxygen atoms in total. The van der Waals surface area contributed by atoms with E-state index < -0.39 is 0 Å². The Morgan fingerprint density at radius 1 is 0.792 bits per heavy atom. The summed E-state index contributed by atoms with van der Waals surface area (Å²) in [7, 11) is 0. The van der Waals surface area contributed by atoms with Crippen LogP contribution in [0.4, 0.5) is 0 Å². The molecule has 3 unspecified atom stereocenters. The Labute approximate surface area is 280 Å². The summed E-state index contributed by atoms with van der Waals surface area (Å²) in [6.45, 7) is 0. The van der Waals surface area contributed by atoms with Gasteiger partial charge in [0.1, 0.15) is 16.9 Å². The molecule has 48 heavy (non-hydrogen) atoms. The third-order valence-corrected chi connectivity index (χ3v) is 10.8. The van der Waals surface area contributed by atoms with Gasteiger partial charge in [-0.15, -0.1) is 0 Å². The number of allylic oxidation sites excluding steroid dienone is 6. The number of nitrogens with zero attached hydrogens (tertiary/aromatic N) is 2. The van der Waals surface area contributed by atoms with Gasteiger partial charge in [-0.05, 0) is 95.5 Å². The average Bonchev–Trinajstić information content (AvgIpc) is 3.69. The van der Waals surface area contributed by atoms with Crippen LogP contribution >= 0.6 is 0 Å². The lowest BCUT2D eigenvalue weighted by atomic mass is 9.83. The van der Waals surface area contributed by atoms with Crippen molar-refractivity contribution < 1.29 is 9.73 Å². The molecule has 232 valence electrons. The fraction of sp³-hybridized carbons (Fsp3) is 0.159. The lowest BCUT2D eigenvalue weighted by Crippen LogP contribution is -2.87. The second-order valence-corrected chi connectivity index (χ2v) is 13.5. The first kappa shape index (κ1) is 27.6. The molecular formula is C44H36N3O+. The minimum atomic E-state index is -0.0896. The highest BCUT2D eigenvalue weighted by Crippen LogP contribution is 2.43. The van der Waals surface area contributed by atoms with Crippen LogP contribution in [0.25, 0.3) is 39.7 Å². The highest BCUT2D eigenvalue weighted by atomic mass is 16.3. The second-order valence-electron chi connectivity index (χ2n) is 13.5. The molecule has 0 spiro atoms. The molecule has 3 atom stereocenters. The summed E-state index contributed by atoms with van der Waals surface area (Å²) in [5, 5.41) is 4.80. The molecule has 4 heteroatoms. The van der Waals surface area contributed by atoms with Gasteiger partial charge in [0.2, 0.25) is 0 Å². The number of nitrogens with two attached hydrogens (primary N) is 1. The van der Waals surface area contributed by atoms with Crippen molar-refractivity contribution in [2.45, 2.75) is 37.9 Å². The summed E-state index contributed by atoms with van der Waals surface area (Å²) in [4.78, 5) is 5.59. The van der Waals surface area contributed by atoms with E-state index in [9.17, 15) is 0 Å². The van der Waals surface area contributed by atoms with Crippen LogP contribution < -0.4 is 5.32 Å². The number of benzene rings is 4. The van der Waals surface area contributed by atoms with Crippen molar-refractivity contribution in [2.75, 3.05) is 0 Å². The number of fused-ring (bicyclic) bond motifs is 7. The van der Waals surface area contributed by atoms with Gasteiger partial charge in [-0.25, -0.2) is 4.99 Å². The maximum absolute atomic E-state index is 6.17. The van der Waals surface area contributed by atoms with E-state index >= 15 is 0 Å². The van der Waals surface area contributed by atoms with Crippen LogP contribution in [-0.4, -0.2) is 10.3 Å². The highest BCUT2D eigenvalue weighted by molar-refractivity contribution is 6.05. The van der Waals surface area contributed by atoms with Crippen molar-refractivity contribution in [1.29, 1.82) is 0 Å². The van der Waals surface area contributed by atoms with E-state index in [0.29, 0.717) is 5.92 Å². The van der Waals surface area contributed by atoms with Crippen LogP contribution in [0.2, 0.25) is 0 Å². The number of furan rings is 1. The van der Waals surface area contributed by atoms with Gasteiger partial charge in [-0.3, -0.25) is 9.88 Å². The summed E-state index contributed by atoms with van der Waals surface area (Å²) in [5.41, 5.74) is 15.3. The molecule has 0 saturated carbocycles. The topological polar surface area (TPSA) is 47.0 Å². The van der Waals surface area contributed by atoms with Gasteiger partial charge in [-0.2, -0.15) is 0 Å². The number of rotatable bonds is 4. The molecule has 0 saturated heterocycles. The molecule has 2 aromatic heterocycles. The van der Waals surface area contributed by atoms with Gasteiger partial charge in [0.15, 0.2) is 0 Å². The average molecular weight is 623 g/mol. The maximum atomic E-state index is 6.17. The Morgan fingerprint density at radius 3 is 2.46 bits per heavy atom. The molecule has 3 aliphatic carbocycles. The monoisotopic (exact) mass is 622 g/mol. The van der Waals surface area contributed by atoms with Crippen molar-refractivity contribution in [3.8, 4) is 0 Å². The van der Waals surface area contributed by atoms with Crippen molar-refractivity contribution >= 4 is 45.4 Å². The third-order valence-electron chi connectivity index (χ3n) is 10.8. The highest BCUT2D eigenvalue weighted by Gasteiger charge is 2.38. The van der Waals surface area contributed by atoms with Crippen LogP contribution in [0.15, 0.2) is 143 Å². The number of para-hydroxylation sites is 1. The van der Waals surface area contributed by atoms with Crippen LogP contribution in [-0.2, 0) is 12.8 Å². The third kappa shape index (κ3) is 4.44. The van der Waals surface area contributed by atoms with E-state index in [1.54, 1.807) is 0 Å². The van der Waals surface area contributed by atoms with Crippen LogP contribution in [0.5, 0.6) is 0 Å². The molecule has 0 radical (unpaired) electrons. The molecular weight excluding hydrogens is 587 g/mol. The quantitative estimate of drug-likeness (QED) is 0.209. The Morgan fingerprint density at radius 2 is 1.58 bits per heavy atom. The SMILES string of the molecule is C1=CCC2C(=C1)[NH2+]C(n1c3c(c4c1CCC(c1ccccc1)=C4)CC(c1ccc4oc5ccccc5c4c1)C=C3)N=C2c1ccccc1. The van der Waals surface area contributed by atoms with Gasteiger partial charge < -0.3 is 4.42 Å². The smallest absolute Gasteiger partial charge is 0.269 e. The molecule has 6 aromatic rings. The largest absolute Gasteiger partial charge is 0.456 e. The van der Waals surface area contributed by atoms with Crippen molar-refractivity contribution in [2.24, 2.45) is 10.9 Å². The molecule has 1 aliphatic heterocycles. The summed E-state index contributed by atoms with van der Waals surface area (Å²) in [5.74, 6) is 0.578. The number of hydrogen-bond acceptors (Lipinski definition) is 2. The van der Waals surface area contributed by atoms with Crippen LogP contribution in [0.3, 0.4) is 0 Å². The Bertz CT molecular complexity index is 2380. The van der Waals surface area contributed by atoms with Crippen LogP contribution in [0, 0.1) is 5.92 Å². The first-order valence-corrected chi connectivity index (χ1v) is 17.2. The molecule has 3 heterocycles. The second kappa shape index (κ2) is 11.1. The van der Waals surface area contributed by atoms with E-state index in [-0.39, 0.29) is 12.2 Å². The summed E-state index contributed by atoms with van der Waals surface area (Å²) in [6.07, 6.45) is 18.0. The summed E-state index contributed by atoms with van der Waals surface area (Å²) < 4.78 is 8.74. The van der Waals surface area contributed by atoms with Crippen molar-refractivity contribution in [3.05, 3.63) is 172 Å². The van der Waals surface area contributed by atoms with Gasteiger partial charge in [-0.1, -0.05) is 103 Å². The first-order chi connectivity index (χ1) is 23.8. The van der Waals surface area contributed by atoms with E-state index in [0.717, 1.165) is 36.8 Å². The zero-order valence-corrected chi connectivity index (χ0v) is 26.7. The predicted octanol–water partition coefficient (Wildman–Crippen LogP) is 9.21. The summed E-state index contributed by atoms with van der Waals surface area (Å²) >= 11 is 0. The lowest BCUT2D eigenvalue weighted by molar-refractivity contribution is -0.672. The fourth-order valence-corrected chi connectivity index (χ4v) is 8.48. The summed E-state index contributed by atoms with van der Waals surface area (Å²) in [6, 6.07) is 36.8. The van der Waals surface area contributed by atoms with Gasteiger partial charge in [0.05, 0.1) is 17.3 Å². The van der Waals surface area contributed by atoms with Gasteiger partial charge in [0, 0.05) is 22.4 Å².